The zero-order valence-electron chi connectivity index (χ0n) is 13.0. The van der Waals surface area contributed by atoms with E-state index in [0.717, 1.165) is 0 Å². The standard InChI is InChI=1S/C14H16BrN3O5/c1-20-9-5-7(8(15)6-10(9)21-2)11(19)12-16-13(22-3)14(23-4)18-17-12/h5-6,11,19H,1-4H3. The largest absolute Gasteiger partial charge is 0.493 e. The third kappa shape index (κ3) is 3.45. The molecule has 9 heteroatoms. The minimum absolute atomic E-state index is 0.0653. The van der Waals surface area contributed by atoms with Crippen LogP contribution in [0.2, 0.25) is 0 Å². The molecule has 0 aliphatic carbocycles. The fourth-order valence-corrected chi connectivity index (χ4v) is 2.45. The molecule has 1 heterocycles. The van der Waals surface area contributed by atoms with Gasteiger partial charge < -0.3 is 24.1 Å². The van der Waals surface area contributed by atoms with Crippen LogP contribution in [-0.2, 0) is 0 Å². The van der Waals surface area contributed by atoms with Crippen LogP contribution in [0.15, 0.2) is 16.6 Å². The summed E-state index contributed by atoms with van der Waals surface area (Å²) in [5, 5.41) is 18.2. The molecule has 0 spiro atoms. The van der Waals surface area contributed by atoms with Crippen LogP contribution in [0, 0.1) is 0 Å². The second-order valence-corrected chi connectivity index (χ2v) is 5.17. The summed E-state index contributed by atoms with van der Waals surface area (Å²) in [6.45, 7) is 0. The Morgan fingerprint density at radius 1 is 0.913 bits per heavy atom. The van der Waals surface area contributed by atoms with E-state index in [1.165, 1.54) is 28.4 Å². The summed E-state index contributed by atoms with van der Waals surface area (Å²) in [6, 6.07) is 3.32. The maximum absolute atomic E-state index is 10.6. The van der Waals surface area contributed by atoms with Crippen molar-refractivity contribution < 1.29 is 24.1 Å². The molecule has 0 amide bonds. The number of halogens is 1. The minimum Gasteiger partial charge on any atom is -0.493 e. The van der Waals surface area contributed by atoms with E-state index in [1.807, 2.05) is 0 Å². The van der Waals surface area contributed by atoms with E-state index in [2.05, 4.69) is 31.1 Å². The van der Waals surface area contributed by atoms with Crippen LogP contribution < -0.4 is 18.9 Å². The van der Waals surface area contributed by atoms with E-state index in [-0.39, 0.29) is 17.6 Å². The van der Waals surface area contributed by atoms with Crippen LogP contribution in [-0.4, -0.2) is 48.7 Å². The summed E-state index contributed by atoms with van der Waals surface area (Å²) in [5.74, 6) is 1.33. The van der Waals surface area contributed by atoms with E-state index in [9.17, 15) is 5.11 Å². The molecule has 0 saturated carbocycles. The van der Waals surface area contributed by atoms with E-state index in [0.29, 0.717) is 21.5 Å². The monoisotopic (exact) mass is 385 g/mol. The lowest BCUT2D eigenvalue weighted by Gasteiger charge is -2.15. The highest BCUT2D eigenvalue weighted by Gasteiger charge is 2.22. The minimum atomic E-state index is -1.14. The van der Waals surface area contributed by atoms with Crippen molar-refractivity contribution in [3.05, 3.63) is 28.0 Å². The second kappa shape index (κ2) is 7.42. The summed E-state index contributed by atoms with van der Waals surface area (Å²) >= 11 is 3.39. The Labute approximate surface area is 141 Å². The average Bonchev–Trinajstić information content (AvgIpc) is 2.60. The van der Waals surface area contributed by atoms with E-state index >= 15 is 0 Å². The predicted molar refractivity (Wildman–Crippen MR) is 84.2 cm³/mol. The molecule has 2 rings (SSSR count). The van der Waals surface area contributed by atoms with Crippen molar-refractivity contribution in [2.75, 3.05) is 28.4 Å². The van der Waals surface area contributed by atoms with Crippen LogP contribution in [0.4, 0.5) is 0 Å². The number of aliphatic hydroxyl groups excluding tert-OH is 1. The number of rotatable bonds is 6. The first kappa shape index (κ1) is 17.2. The molecule has 0 aliphatic heterocycles. The van der Waals surface area contributed by atoms with Gasteiger partial charge in [0.15, 0.2) is 17.3 Å². The van der Waals surface area contributed by atoms with Gasteiger partial charge in [-0.1, -0.05) is 15.9 Å². The summed E-state index contributed by atoms with van der Waals surface area (Å²) in [4.78, 5) is 4.11. The molecule has 0 radical (unpaired) electrons. The Morgan fingerprint density at radius 2 is 1.52 bits per heavy atom. The number of aromatic nitrogens is 3. The number of ether oxygens (including phenoxy) is 4. The van der Waals surface area contributed by atoms with Gasteiger partial charge in [0.05, 0.1) is 28.4 Å². The molecule has 1 aromatic carbocycles. The van der Waals surface area contributed by atoms with E-state index < -0.39 is 6.10 Å². The fraction of sp³-hybridized carbons (Fsp3) is 0.357. The normalized spacial score (nSPS) is 11.7. The molecule has 1 aromatic heterocycles. The van der Waals surface area contributed by atoms with Crippen molar-refractivity contribution in [1.29, 1.82) is 0 Å². The lowest BCUT2D eigenvalue weighted by atomic mass is 10.1. The van der Waals surface area contributed by atoms with Crippen LogP contribution in [0.3, 0.4) is 0 Å². The molecule has 1 N–H and O–H groups in total. The van der Waals surface area contributed by atoms with E-state index in [1.54, 1.807) is 12.1 Å². The first-order valence-corrected chi connectivity index (χ1v) is 7.27. The number of hydrogen-bond donors (Lipinski definition) is 1. The maximum Gasteiger partial charge on any atom is 0.296 e. The van der Waals surface area contributed by atoms with Gasteiger partial charge in [-0.25, -0.2) is 0 Å². The lowest BCUT2D eigenvalue weighted by molar-refractivity contribution is 0.202. The highest BCUT2D eigenvalue weighted by molar-refractivity contribution is 9.10. The molecule has 1 unspecified atom stereocenters. The molecule has 2 aromatic rings. The Morgan fingerprint density at radius 3 is 2.09 bits per heavy atom. The molecule has 0 bridgehead atoms. The van der Waals surface area contributed by atoms with Crippen LogP contribution in [0.25, 0.3) is 0 Å². The average molecular weight is 386 g/mol. The first-order chi connectivity index (χ1) is 11.0. The van der Waals surface area contributed by atoms with Crippen molar-refractivity contribution in [1.82, 2.24) is 15.2 Å². The molecule has 23 heavy (non-hydrogen) atoms. The third-order valence-electron chi connectivity index (χ3n) is 3.07. The van der Waals surface area contributed by atoms with Gasteiger partial charge >= 0.3 is 0 Å². The number of benzene rings is 1. The van der Waals surface area contributed by atoms with Crippen molar-refractivity contribution in [3.8, 4) is 23.3 Å². The van der Waals surface area contributed by atoms with Crippen LogP contribution in [0.5, 0.6) is 23.3 Å². The molecular weight excluding hydrogens is 370 g/mol. The molecule has 0 saturated heterocycles. The molecule has 1 atom stereocenters. The molecule has 8 nitrogen and oxygen atoms in total. The van der Waals surface area contributed by atoms with Crippen molar-refractivity contribution in [2.24, 2.45) is 0 Å². The van der Waals surface area contributed by atoms with Gasteiger partial charge in [0.1, 0.15) is 6.10 Å². The number of nitrogens with zero attached hydrogens (tertiary/aromatic N) is 3. The topological polar surface area (TPSA) is 95.8 Å². The van der Waals surface area contributed by atoms with Gasteiger partial charge in [0, 0.05) is 10.0 Å². The smallest absolute Gasteiger partial charge is 0.296 e. The molecule has 124 valence electrons. The highest BCUT2D eigenvalue weighted by atomic mass is 79.9. The van der Waals surface area contributed by atoms with Gasteiger partial charge in [0.25, 0.3) is 11.8 Å². The second-order valence-electron chi connectivity index (χ2n) is 4.32. The van der Waals surface area contributed by atoms with Crippen molar-refractivity contribution in [2.45, 2.75) is 6.10 Å². The predicted octanol–water partition coefficient (Wildman–Crippen LogP) is 1.75. The van der Waals surface area contributed by atoms with Crippen molar-refractivity contribution in [3.63, 3.8) is 0 Å². The lowest BCUT2D eigenvalue weighted by Crippen LogP contribution is -2.10. The number of methoxy groups -OCH3 is 4. The summed E-state index contributed by atoms with van der Waals surface area (Å²) in [7, 11) is 5.89. The van der Waals surface area contributed by atoms with Crippen LogP contribution in [0.1, 0.15) is 17.5 Å². The Kier molecular flexibility index (Phi) is 5.56. The van der Waals surface area contributed by atoms with Gasteiger partial charge in [0.2, 0.25) is 0 Å². The quantitative estimate of drug-likeness (QED) is 0.803. The van der Waals surface area contributed by atoms with Crippen molar-refractivity contribution >= 4 is 15.9 Å². The first-order valence-electron chi connectivity index (χ1n) is 6.47. The maximum atomic E-state index is 10.6. The summed E-state index contributed by atoms with van der Waals surface area (Å²) in [5.41, 5.74) is 0.497. The van der Waals surface area contributed by atoms with Gasteiger partial charge in [-0.15, -0.1) is 10.2 Å². The zero-order valence-corrected chi connectivity index (χ0v) is 14.6. The highest BCUT2D eigenvalue weighted by Crippen LogP contribution is 2.37. The molecule has 0 fully saturated rings. The zero-order chi connectivity index (χ0) is 17.0. The number of hydrogen-bond acceptors (Lipinski definition) is 8. The Balaban J connectivity index is 2.46. The third-order valence-corrected chi connectivity index (χ3v) is 3.76. The van der Waals surface area contributed by atoms with Gasteiger partial charge in [-0.2, -0.15) is 4.98 Å². The SMILES string of the molecule is COc1cc(Br)c(C(O)c2nnc(OC)c(OC)n2)cc1OC. The fourth-order valence-electron chi connectivity index (χ4n) is 1.91. The summed E-state index contributed by atoms with van der Waals surface area (Å²) < 4.78 is 21.1. The summed E-state index contributed by atoms with van der Waals surface area (Å²) in [6.07, 6.45) is -1.14. The van der Waals surface area contributed by atoms with Gasteiger partial charge in [-0.05, 0) is 12.1 Å². The van der Waals surface area contributed by atoms with Gasteiger partial charge in [-0.3, -0.25) is 0 Å². The Bertz CT molecular complexity index is 698. The molecular formula is C14H16BrN3O5. The molecule has 0 aliphatic rings. The van der Waals surface area contributed by atoms with Crippen LogP contribution >= 0.6 is 15.9 Å². The van der Waals surface area contributed by atoms with E-state index in [4.69, 9.17) is 18.9 Å². The Hall–Kier alpha value is -2.13. The number of aliphatic hydroxyl groups is 1.